The second-order valence-electron chi connectivity index (χ2n) is 3.56. The predicted molar refractivity (Wildman–Crippen MR) is 79.5 cm³/mol. The van der Waals surface area contributed by atoms with Gasteiger partial charge in [-0.2, -0.15) is 0 Å². The molecule has 0 saturated heterocycles. The molecule has 0 fully saturated rings. The molecule has 0 N–H and O–H groups in total. The molecule has 0 aliphatic heterocycles. The molecular formula is C13H12ClO2PS. The van der Waals surface area contributed by atoms with Gasteiger partial charge in [0.15, 0.2) is 0 Å². The molecule has 0 aliphatic carbocycles. The van der Waals surface area contributed by atoms with E-state index in [1.54, 1.807) is 19.2 Å². The first-order valence-corrected chi connectivity index (χ1v) is 8.32. The molecule has 94 valence electrons. The van der Waals surface area contributed by atoms with E-state index in [-0.39, 0.29) is 0 Å². The van der Waals surface area contributed by atoms with E-state index in [1.165, 1.54) is 0 Å². The maximum atomic E-state index is 5.92. The Labute approximate surface area is 117 Å². The van der Waals surface area contributed by atoms with Crippen LogP contribution in [0, 0.1) is 0 Å². The molecule has 0 amide bonds. The molecule has 0 aliphatic rings. The zero-order valence-corrected chi connectivity index (χ0v) is 12.2. The van der Waals surface area contributed by atoms with E-state index in [4.69, 9.17) is 32.5 Å². The van der Waals surface area contributed by atoms with Crippen molar-refractivity contribution in [2.24, 2.45) is 0 Å². The first-order valence-electron chi connectivity index (χ1n) is 5.30. The molecule has 0 heterocycles. The standard InChI is InChI=1S/C13H12ClO2PS/c1-15-17(18,13-8-3-2-4-9-13)16-12-7-5-6-11(14)10-12/h2-10H,1H3. The first kappa shape index (κ1) is 13.6. The molecule has 2 aromatic carbocycles. The van der Waals surface area contributed by atoms with Crippen LogP contribution >= 0.6 is 18.1 Å². The zero-order chi connectivity index (χ0) is 13.0. The minimum atomic E-state index is -2.52. The second-order valence-corrected chi connectivity index (χ2v) is 7.50. The lowest BCUT2D eigenvalue weighted by atomic mass is 10.3. The third-order valence-corrected chi connectivity index (χ3v) is 5.74. The number of benzene rings is 2. The molecule has 1 atom stereocenters. The SMILES string of the molecule is COP(=S)(Oc1cccc(Cl)c1)c1ccccc1. The number of rotatable bonds is 4. The Balaban J connectivity index is 2.32. The van der Waals surface area contributed by atoms with Gasteiger partial charge in [0, 0.05) is 17.4 Å². The Morgan fingerprint density at radius 3 is 2.39 bits per heavy atom. The molecule has 5 heteroatoms. The van der Waals surface area contributed by atoms with Crippen LogP contribution in [-0.4, -0.2) is 7.11 Å². The van der Waals surface area contributed by atoms with Crippen molar-refractivity contribution >= 4 is 35.2 Å². The summed E-state index contributed by atoms with van der Waals surface area (Å²) in [5, 5.41) is 1.49. The highest BCUT2D eigenvalue weighted by atomic mass is 35.5. The van der Waals surface area contributed by atoms with Crippen molar-refractivity contribution in [2.45, 2.75) is 0 Å². The van der Waals surface area contributed by atoms with Gasteiger partial charge in [-0.05, 0) is 42.1 Å². The minimum absolute atomic E-state index is 0.609. The van der Waals surface area contributed by atoms with Gasteiger partial charge in [-0.15, -0.1) is 0 Å². The van der Waals surface area contributed by atoms with Crippen molar-refractivity contribution in [1.29, 1.82) is 0 Å². The summed E-state index contributed by atoms with van der Waals surface area (Å²) in [4.78, 5) is 0. The van der Waals surface area contributed by atoms with E-state index < -0.39 is 6.49 Å². The van der Waals surface area contributed by atoms with Crippen LogP contribution in [0.4, 0.5) is 0 Å². The van der Waals surface area contributed by atoms with Crippen LogP contribution in [-0.2, 0) is 16.3 Å². The number of halogens is 1. The van der Waals surface area contributed by atoms with Crippen LogP contribution in [0.3, 0.4) is 0 Å². The smallest absolute Gasteiger partial charge is 0.268 e. The van der Waals surface area contributed by atoms with Gasteiger partial charge in [0.1, 0.15) is 5.75 Å². The summed E-state index contributed by atoms with van der Waals surface area (Å²) in [6.07, 6.45) is 0. The minimum Gasteiger partial charge on any atom is -0.440 e. The lowest BCUT2D eigenvalue weighted by Crippen LogP contribution is -2.10. The topological polar surface area (TPSA) is 18.5 Å². The fraction of sp³-hybridized carbons (Fsp3) is 0.0769. The summed E-state index contributed by atoms with van der Waals surface area (Å²) < 4.78 is 11.3. The van der Waals surface area contributed by atoms with Crippen LogP contribution in [0.15, 0.2) is 54.6 Å². The molecule has 0 saturated carbocycles. The van der Waals surface area contributed by atoms with Gasteiger partial charge in [-0.25, -0.2) is 0 Å². The number of hydrogen-bond acceptors (Lipinski definition) is 3. The van der Waals surface area contributed by atoms with Crippen molar-refractivity contribution in [3.8, 4) is 5.75 Å². The van der Waals surface area contributed by atoms with Gasteiger partial charge in [0.05, 0.1) is 0 Å². The molecule has 2 aromatic rings. The normalized spacial score (nSPS) is 13.9. The molecular weight excluding hydrogens is 287 g/mol. The van der Waals surface area contributed by atoms with Crippen LogP contribution in [0.1, 0.15) is 0 Å². The van der Waals surface area contributed by atoms with E-state index >= 15 is 0 Å². The van der Waals surface area contributed by atoms with E-state index in [1.807, 2.05) is 42.5 Å². The van der Waals surface area contributed by atoms with Gasteiger partial charge in [0.25, 0.3) is 6.49 Å². The van der Waals surface area contributed by atoms with Gasteiger partial charge in [-0.3, -0.25) is 0 Å². The van der Waals surface area contributed by atoms with E-state index in [0.717, 1.165) is 5.30 Å². The number of hydrogen-bond donors (Lipinski definition) is 0. The Morgan fingerprint density at radius 1 is 1.06 bits per heavy atom. The lowest BCUT2D eigenvalue weighted by Gasteiger charge is -2.21. The Kier molecular flexibility index (Phi) is 4.41. The van der Waals surface area contributed by atoms with Gasteiger partial charge in [0.2, 0.25) is 0 Å². The van der Waals surface area contributed by atoms with Crippen LogP contribution < -0.4 is 9.83 Å². The third-order valence-electron chi connectivity index (χ3n) is 2.33. The largest absolute Gasteiger partial charge is 0.440 e. The molecule has 0 radical (unpaired) electrons. The summed E-state index contributed by atoms with van der Waals surface area (Å²) in [5.41, 5.74) is 0. The third kappa shape index (κ3) is 3.12. The summed E-state index contributed by atoms with van der Waals surface area (Å²) in [6.45, 7) is -2.52. The quantitative estimate of drug-likeness (QED) is 0.795. The highest BCUT2D eigenvalue weighted by molar-refractivity contribution is 8.13. The van der Waals surface area contributed by atoms with E-state index in [2.05, 4.69) is 0 Å². The molecule has 1 unspecified atom stereocenters. The fourth-order valence-corrected chi connectivity index (χ4v) is 3.59. The molecule has 0 bridgehead atoms. The average Bonchev–Trinajstić information content (AvgIpc) is 2.39. The first-order chi connectivity index (χ1) is 8.64. The van der Waals surface area contributed by atoms with Crippen molar-refractivity contribution in [2.75, 3.05) is 7.11 Å². The highest BCUT2D eigenvalue weighted by Gasteiger charge is 2.21. The Morgan fingerprint density at radius 2 is 1.78 bits per heavy atom. The van der Waals surface area contributed by atoms with Crippen molar-refractivity contribution in [3.63, 3.8) is 0 Å². The molecule has 18 heavy (non-hydrogen) atoms. The van der Waals surface area contributed by atoms with Crippen LogP contribution in [0.2, 0.25) is 5.02 Å². The van der Waals surface area contributed by atoms with Gasteiger partial charge < -0.3 is 9.05 Å². The van der Waals surface area contributed by atoms with E-state index in [9.17, 15) is 0 Å². The predicted octanol–water partition coefficient (Wildman–Crippen LogP) is 4.00. The highest BCUT2D eigenvalue weighted by Crippen LogP contribution is 2.46. The summed E-state index contributed by atoms with van der Waals surface area (Å²) in [7, 11) is 1.57. The Hall–Kier alpha value is -0.860. The Bertz CT molecular complexity index is 574. The summed E-state index contributed by atoms with van der Waals surface area (Å²) in [5.74, 6) is 0.622. The molecule has 2 rings (SSSR count). The van der Waals surface area contributed by atoms with Gasteiger partial charge >= 0.3 is 0 Å². The van der Waals surface area contributed by atoms with Crippen molar-refractivity contribution in [3.05, 3.63) is 59.6 Å². The summed E-state index contributed by atoms with van der Waals surface area (Å²) >= 11 is 11.4. The fourth-order valence-electron chi connectivity index (χ4n) is 1.47. The van der Waals surface area contributed by atoms with Crippen molar-refractivity contribution in [1.82, 2.24) is 0 Å². The maximum absolute atomic E-state index is 5.92. The molecule has 2 nitrogen and oxygen atoms in total. The molecule has 0 aromatic heterocycles. The molecule has 0 spiro atoms. The maximum Gasteiger partial charge on any atom is 0.268 e. The average molecular weight is 299 g/mol. The van der Waals surface area contributed by atoms with Crippen LogP contribution in [0.25, 0.3) is 0 Å². The second kappa shape index (κ2) is 5.85. The van der Waals surface area contributed by atoms with Crippen molar-refractivity contribution < 1.29 is 9.05 Å². The van der Waals surface area contributed by atoms with E-state index in [0.29, 0.717) is 10.8 Å². The van der Waals surface area contributed by atoms with Crippen LogP contribution in [0.5, 0.6) is 5.75 Å². The summed E-state index contributed by atoms with van der Waals surface area (Å²) in [6, 6.07) is 16.7. The zero-order valence-electron chi connectivity index (χ0n) is 9.75. The lowest BCUT2D eigenvalue weighted by molar-refractivity contribution is 0.402. The van der Waals surface area contributed by atoms with Gasteiger partial charge in [-0.1, -0.05) is 35.9 Å². The monoisotopic (exact) mass is 298 g/mol.